The predicted octanol–water partition coefficient (Wildman–Crippen LogP) is 2.35. The van der Waals surface area contributed by atoms with Gasteiger partial charge in [-0.2, -0.15) is 8.42 Å². The van der Waals surface area contributed by atoms with Crippen LogP contribution in [0.3, 0.4) is 0 Å². The van der Waals surface area contributed by atoms with E-state index in [4.69, 9.17) is 8.92 Å². The largest absolute Gasteiger partial charge is 0.463 e. The lowest BCUT2D eigenvalue weighted by Gasteiger charge is -2.24. The van der Waals surface area contributed by atoms with Crippen LogP contribution in [0.25, 0.3) is 0 Å². The maximum absolute atomic E-state index is 12.6. The van der Waals surface area contributed by atoms with E-state index in [9.17, 15) is 18.0 Å². The van der Waals surface area contributed by atoms with Crippen molar-refractivity contribution in [2.45, 2.75) is 33.1 Å². The van der Waals surface area contributed by atoms with Gasteiger partial charge in [-0.25, -0.2) is 4.18 Å². The van der Waals surface area contributed by atoms with Crippen molar-refractivity contribution in [3.63, 3.8) is 0 Å². The molecule has 7 nitrogen and oxygen atoms in total. The van der Waals surface area contributed by atoms with Crippen LogP contribution in [-0.2, 0) is 36.9 Å². The Kier molecular flexibility index (Phi) is 5.53. The second kappa shape index (κ2) is 7.73. The summed E-state index contributed by atoms with van der Waals surface area (Å²) < 4.78 is 33.2. The zero-order chi connectivity index (χ0) is 20.5. The lowest BCUT2D eigenvalue weighted by molar-refractivity contribution is -0.135. The molecule has 1 unspecified atom stereocenters. The van der Waals surface area contributed by atoms with Gasteiger partial charge < -0.3 is 9.64 Å². The second-order valence-electron chi connectivity index (χ2n) is 6.73. The van der Waals surface area contributed by atoms with Crippen LogP contribution in [0.2, 0.25) is 0 Å². The Morgan fingerprint density at radius 2 is 1.89 bits per heavy atom. The Labute approximate surface area is 164 Å². The number of hydrogen-bond acceptors (Lipinski definition) is 6. The van der Waals surface area contributed by atoms with Gasteiger partial charge in [-0.1, -0.05) is 36.4 Å². The van der Waals surface area contributed by atoms with E-state index in [1.807, 2.05) is 43.3 Å². The van der Waals surface area contributed by atoms with Crippen molar-refractivity contribution in [3.8, 4) is 5.75 Å². The molecule has 148 valence electrons. The average molecular weight is 403 g/mol. The van der Waals surface area contributed by atoms with E-state index in [0.717, 1.165) is 22.9 Å². The summed E-state index contributed by atoms with van der Waals surface area (Å²) >= 11 is 0. The summed E-state index contributed by atoms with van der Waals surface area (Å²) in [6, 6.07) is 12.8. The minimum Gasteiger partial charge on any atom is -0.463 e. The molecular weight excluding hydrogens is 382 g/mol. The lowest BCUT2D eigenvalue weighted by atomic mass is 10.1. The molecule has 2 aromatic rings. The maximum atomic E-state index is 12.6. The van der Waals surface area contributed by atoms with E-state index < -0.39 is 28.1 Å². The second-order valence-corrected chi connectivity index (χ2v) is 8.33. The van der Waals surface area contributed by atoms with Crippen LogP contribution in [0, 0.1) is 6.92 Å². The monoisotopic (exact) mass is 403 g/mol. The highest BCUT2D eigenvalue weighted by Gasteiger charge is 2.30. The van der Waals surface area contributed by atoms with E-state index in [-0.39, 0.29) is 13.0 Å². The van der Waals surface area contributed by atoms with Crippen LogP contribution in [0.4, 0.5) is 5.69 Å². The van der Waals surface area contributed by atoms with Crippen LogP contribution in [0.5, 0.6) is 5.75 Å². The van der Waals surface area contributed by atoms with Crippen LogP contribution in [0.1, 0.15) is 23.6 Å². The topological polar surface area (TPSA) is 90.0 Å². The fraction of sp³-hybridized carbons (Fsp3) is 0.300. The van der Waals surface area contributed by atoms with E-state index in [1.54, 1.807) is 6.07 Å². The van der Waals surface area contributed by atoms with Crippen LogP contribution in [-0.4, -0.2) is 32.7 Å². The first-order chi connectivity index (χ1) is 13.1. The Morgan fingerprint density at radius 1 is 1.21 bits per heavy atom. The maximum Gasteiger partial charge on any atom is 0.294 e. The van der Waals surface area contributed by atoms with Gasteiger partial charge in [0.1, 0.15) is 5.75 Å². The van der Waals surface area contributed by atoms with Crippen molar-refractivity contribution in [1.29, 1.82) is 0 Å². The SMILES string of the molecule is CC(=O)C(=O)N(Cc1ccccc1)c1cc2c(cc1C)CC(OS(C)(=O)=O)O2. The van der Waals surface area contributed by atoms with Gasteiger partial charge in [0.2, 0.25) is 12.1 Å². The number of rotatable bonds is 6. The van der Waals surface area contributed by atoms with Gasteiger partial charge in [-0.3, -0.25) is 9.59 Å². The number of carbonyl (C=O) groups is 2. The molecule has 0 saturated heterocycles. The molecule has 0 aliphatic carbocycles. The fourth-order valence-electron chi connectivity index (χ4n) is 3.13. The molecule has 1 aliphatic heterocycles. The van der Waals surface area contributed by atoms with Crippen molar-refractivity contribution in [2.24, 2.45) is 0 Å². The first kappa shape index (κ1) is 20.0. The van der Waals surface area contributed by atoms with Crippen molar-refractivity contribution in [1.82, 2.24) is 0 Å². The average Bonchev–Trinajstić information content (AvgIpc) is 2.98. The number of benzene rings is 2. The molecule has 0 aromatic heterocycles. The number of fused-ring (bicyclic) bond motifs is 1. The smallest absolute Gasteiger partial charge is 0.294 e. The minimum absolute atomic E-state index is 0.224. The van der Waals surface area contributed by atoms with Crippen LogP contribution < -0.4 is 9.64 Å². The van der Waals surface area contributed by atoms with Crippen molar-refractivity contribution < 1.29 is 26.9 Å². The van der Waals surface area contributed by atoms with Crippen LogP contribution >= 0.6 is 0 Å². The van der Waals surface area contributed by atoms with Crippen molar-refractivity contribution in [2.75, 3.05) is 11.2 Å². The molecule has 1 aliphatic rings. The van der Waals surface area contributed by atoms with Crippen molar-refractivity contribution >= 4 is 27.5 Å². The summed E-state index contributed by atoms with van der Waals surface area (Å²) in [4.78, 5) is 25.8. The first-order valence-corrected chi connectivity index (χ1v) is 10.5. The Bertz CT molecular complexity index is 1020. The molecule has 8 heteroatoms. The molecule has 0 fully saturated rings. The number of nitrogens with zero attached hydrogens (tertiary/aromatic N) is 1. The minimum atomic E-state index is -3.66. The molecule has 3 rings (SSSR count). The van der Waals surface area contributed by atoms with Gasteiger partial charge in [-0.05, 0) is 18.1 Å². The van der Waals surface area contributed by atoms with Gasteiger partial charge in [0.25, 0.3) is 16.0 Å². The summed E-state index contributed by atoms with van der Waals surface area (Å²) in [6.45, 7) is 3.28. The molecule has 1 heterocycles. The highest BCUT2D eigenvalue weighted by atomic mass is 32.2. The summed E-state index contributed by atoms with van der Waals surface area (Å²) in [6.07, 6.45) is 0.303. The van der Waals surface area contributed by atoms with Gasteiger partial charge in [0.15, 0.2) is 0 Å². The van der Waals surface area contributed by atoms with Gasteiger partial charge in [0, 0.05) is 25.0 Å². The van der Waals surface area contributed by atoms with Gasteiger partial charge in [0.05, 0.1) is 18.5 Å². The Morgan fingerprint density at radius 3 is 2.50 bits per heavy atom. The number of Topliss-reactive ketones (excluding diaryl/α,β-unsaturated/α-hetero) is 1. The summed E-state index contributed by atoms with van der Waals surface area (Å²) in [5.41, 5.74) is 2.96. The fourth-order valence-corrected chi connectivity index (χ4v) is 3.63. The van der Waals surface area contributed by atoms with E-state index in [2.05, 4.69) is 0 Å². The van der Waals surface area contributed by atoms with E-state index in [0.29, 0.717) is 11.4 Å². The standard InChI is InChI=1S/C20H21NO6S/c1-13-9-16-10-19(27-28(3,24)25)26-18(16)11-17(13)21(20(23)14(2)22)12-15-7-5-4-6-8-15/h4-9,11,19H,10,12H2,1-3H3. The lowest BCUT2D eigenvalue weighted by Crippen LogP contribution is -2.35. The van der Waals surface area contributed by atoms with Crippen molar-refractivity contribution in [3.05, 3.63) is 59.2 Å². The number of aryl methyl sites for hydroxylation is 1. The molecule has 1 amide bonds. The summed E-state index contributed by atoms with van der Waals surface area (Å²) in [5.74, 6) is -0.771. The number of ether oxygens (including phenoxy) is 1. The molecule has 0 spiro atoms. The van der Waals surface area contributed by atoms with Gasteiger partial charge in [-0.15, -0.1) is 0 Å². The number of anilines is 1. The van der Waals surface area contributed by atoms with E-state index in [1.165, 1.54) is 11.8 Å². The van der Waals surface area contributed by atoms with E-state index >= 15 is 0 Å². The molecular formula is C20H21NO6S. The summed E-state index contributed by atoms with van der Waals surface area (Å²) in [7, 11) is -3.66. The zero-order valence-corrected chi connectivity index (χ0v) is 16.7. The number of amides is 1. The molecule has 0 N–H and O–H groups in total. The normalized spacial score (nSPS) is 15.6. The molecule has 28 heavy (non-hydrogen) atoms. The highest BCUT2D eigenvalue weighted by molar-refractivity contribution is 7.86. The van der Waals surface area contributed by atoms with Gasteiger partial charge >= 0.3 is 0 Å². The zero-order valence-electron chi connectivity index (χ0n) is 15.8. The molecule has 0 saturated carbocycles. The number of hydrogen-bond donors (Lipinski definition) is 0. The highest BCUT2D eigenvalue weighted by Crippen LogP contribution is 2.36. The molecule has 0 radical (unpaired) electrons. The Balaban J connectivity index is 1.95. The molecule has 2 aromatic carbocycles. The summed E-state index contributed by atoms with van der Waals surface area (Å²) in [5, 5.41) is 0. The Hall–Kier alpha value is -2.71. The molecule has 0 bridgehead atoms. The van der Waals surface area contributed by atoms with Crippen LogP contribution in [0.15, 0.2) is 42.5 Å². The first-order valence-electron chi connectivity index (χ1n) is 8.69. The third kappa shape index (κ3) is 4.58. The number of carbonyl (C=O) groups excluding carboxylic acids is 2. The molecule has 1 atom stereocenters. The predicted molar refractivity (Wildman–Crippen MR) is 104 cm³/mol. The third-order valence-electron chi connectivity index (χ3n) is 4.33. The quantitative estimate of drug-likeness (QED) is 0.543. The third-order valence-corrected chi connectivity index (χ3v) is 4.89. The number of ketones is 1.